The average molecular weight is 302 g/mol. The number of benzene rings is 1. The number of alkyl halides is 3. The lowest BCUT2D eigenvalue weighted by atomic mass is 10.0. The maximum Gasteiger partial charge on any atom is 0.404 e. The van der Waals surface area contributed by atoms with Crippen molar-refractivity contribution < 1.29 is 18.3 Å². The fourth-order valence-corrected chi connectivity index (χ4v) is 2.81. The maximum absolute atomic E-state index is 12.9. The van der Waals surface area contributed by atoms with E-state index in [9.17, 15) is 18.3 Å². The molecule has 0 saturated carbocycles. The van der Waals surface area contributed by atoms with Crippen molar-refractivity contribution in [1.29, 1.82) is 0 Å². The van der Waals surface area contributed by atoms with Crippen LogP contribution in [-0.2, 0) is 6.42 Å². The van der Waals surface area contributed by atoms with Gasteiger partial charge in [0, 0.05) is 12.6 Å². The van der Waals surface area contributed by atoms with Crippen molar-refractivity contribution in [3.63, 3.8) is 0 Å². The molecule has 0 spiro atoms. The molecule has 1 fully saturated rings. The molecule has 0 aliphatic carbocycles. The van der Waals surface area contributed by atoms with Crippen LogP contribution in [0.3, 0.4) is 0 Å². The Balaban J connectivity index is 1.90. The van der Waals surface area contributed by atoms with Gasteiger partial charge in [-0.3, -0.25) is 4.90 Å². The van der Waals surface area contributed by atoms with E-state index >= 15 is 0 Å². The minimum atomic E-state index is -4.24. The summed E-state index contributed by atoms with van der Waals surface area (Å²) in [4.78, 5) is 1.30. The normalized spacial score (nSPS) is 23.2. The first kappa shape index (κ1) is 16.3. The van der Waals surface area contributed by atoms with E-state index in [4.69, 9.17) is 5.73 Å². The SMILES string of the molecule is N[C@@H](Cc1ccccc1)[C@@H](O)CN1CCC[C@H]1C(F)(F)F. The predicted molar refractivity (Wildman–Crippen MR) is 74.8 cm³/mol. The molecule has 1 aliphatic heterocycles. The van der Waals surface area contributed by atoms with E-state index in [1.807, 2.05) is 30.3 Å². The molecule has 21 heavy (non-hydrogen) atoms. The highest BCUT2D eigenvalue weighted by Crippen LogP contribution is 2.32. The van der Waals surface area contributed by atoms with Gasteiger partial charge in [0.2, 0.25) is 0 Å². The third-order valence-electron chi connectivity index (χ3n) is 3.97. The number of likely N-dealkylation sites (tertiary alicyclic amines) is 1. The summed E-state index contributed by atoms with van der Waals surface area (Å²) >= 11 is 0. The van der Waals surface area contributed by atoms with Crippen molar-refractivity contribution in [2.45, 2.75) is 43.6 Å². The molecule has 3 nitrogen and oxygen atoms in total. The Morgan fingerprint density at radius 1 is 1.29 bits per heavy atom. The highest BCUT2D eigenvalue weighted by Gasteiger charge is 2.46. The van der Waals surface area contributed by atoms with Gasteiger partial charge in [-0.1, -0.05) is 30.3 Å². The second-order valence-electron chi connectivity index (χ2n) is 5.62. The first-order valence-electron chi connectivity index (χ1n) is 7.16. The third kappa shape index (κ3) is 4.43. The van der Waals surface area contributed by atoms with Gasteiger partial charge in [0.25, 0.3) is 0 Å². The van der Waals surface area contributed by atoms with Gasteiger partial charge in [0.05, 0.1) is 6.10 Å². The summed E-state index contributed by atoms with van der Waals surface area (Å²) < 4.78 is 38.6. The van der Waals surface area contributed by atoms with Crippen molar-refractivity contribution in [3.05, 3.63) is 35.9 Å². The van der Waals surface area contributed by atoms with E-state index in [0.717, 1.165) is 5.56 Å². The first-order chi connectivity index (χ1) is 9.88. The molecule has 0 radical (unpaired) electrons. The van der Waals surface area contributed by atoms with Gasteiger partial charge in [-0.15, -0.1) is 0 Å². The van der Waals surface area contributed by atoms with Gasteiger partial charge in [0.15, 0.2) is 0 Å². The summed E-state index contributed by atoms with van der Waals surface area (Å²) in [5, 5.41) is 10.1. The number of nitrogens with two attached hydrogens (primary N) is 1. The largest absolute Gasteiger partial charge is 0.404 e. The molecule has 0 unspecified atom stereocenters. The van der Waals surface area contributed by atoms with Gasteiger partial charge in [-0.2, -0.15) is 13.2 Å². The summed E-state index contributed by atoms with van der Waals surface area (Å²) in [6.07, 6.45) is -4.14. The van der Waals surface area contributed by atoms with Crippen LogP contribution in [0.2, 0.25) is 0 Å². The molecule has 3 atom stereocenters. The monoisotopic (exact) mass is 302 g/mol. The average Bonchev–Trinajstić information content (AvgIpc) is 2.88. The van der Waals surface area contributed by atoms with Crippen molar-refractivity contribution in [2.24, 2.45) is 5.73 Å². The van der Waals surface area contributed by atoms with Crippen LogP contribution >= 0.6 is 0 Å². The summed E-state index contributed by atoms with van der Waals surface area (Å²) in [7, 11) is 0. The van der Waals surface area contributed by atoms with E-state index in [0.29, 0.717) is 19.4 Å². The van der Waals surface area contributed by atoms with Crippen LogP contribution in [0.25, 0.3) is 0 Å². The van der Waals surface area contributed by atoms with Crippen molar-refractivity contribution in [2.75, 3.05) is 13.1 Å². The summed E-state index contributed by atoms with van der Waals surface area (Å²) in [5.41, 5.74) is 6.89. The number of hydrogen-bond donors (Lipinski definition) is 2. The Morgan fingerprint density at radius 2 is 1.95 bits per heavy atom. The van der Waals surface area contributed by atoms with E-state index < -0.39 is 24.4 Å². The van der Waals surface area contributed by atoms with Crippen LogP contribution in [0.15, 0.2) is 30.3 Å². The minimum Gasteiger partial charge on any atom is -0.390 e. The first-order valence-corrected chi connectivity index (χ1v) is 7.16. The van der Waals surface area contributed by atoms with Crippen LogP contribution < -0.4 is 5.73 Å². The Kier molecular flexibility index (Phi) is 5.24. The molecule has 1 aromatic rings. The van der Waals surface area contributed by atoms with Crippen LogP contribution in [-0.4, -0.2) is 47.5 Å². The lowest BCUT2D eigenvalue weighted by Gasteiger charge is -2.30. The van der Waals surface area contributed by atoms with Crippen LogP contribution in [0.1, 0.15) is 18.4 Å². The van der Waals surface area contributed by atoms with Crippen LogP contribution in [0, 0.1) is 0 Å². The standard InChI is InChI=1S/C15H21F3N2O/c16-15(17,18)14-7-4-8-20(14)10-13(21)12(19)9-11-5-2-1-3-6-11/h1-3,5-6,12-14,21H,4,7-10,19H2/t12-,13-,14-/m0/s1. The lowest BCUT2D eigenvalue weighted by molar-refractivity contribution is -0.178. The summed E-state index contributed by atoms with van der Waals surface area (Å²) in [6, 6.07) is 7.38. The van der Waals surface area contributed by atoms with E-state index in [2.05, 4.69) is 0 Å². The molecule has 0 amide bonds. The van der Waals surface area contributed by atoms with E-state index in [-0.39, 0.29) is 13.0 Å². The van der Waals surface area contributed by atoms with E-state index in [1.165, 1.54) is 4.90 Å². The van der Waals surface area contributed by atoms with E-state index in [1.54, 1.807) is 0 Å². The quantitative estimate of drug-likeness (QED) is 0.874. The zero-order valence-corrected chi connectivity index (χ0v) is 11.8. The summed E-state index contributed by atoms with van der Waals surface area (Å²) in [5.74, 6) is 0. The molecule has 2 rings (SSSR count). The van der Waals surface area contributed by atoms with Gasteiger partial charge in [-0.25, -0.2) is 0 Å². The second-order valence-corrected chi connectivity index (χ2v) is 5.62. The zero-order valence-electron chi connectivity index (χ0n) is 11.8. The Morgan fingerprint density at radius 3 is 2.57 bits per heavy atom. The Bertz CT molecular complexity index is 438. The smallest absolute Gasteiger partial charge is 0.390 e. The topological polar surface area (TPSA) is 49.5 Å². The predicted octanol–water partition coefficient (Wildman–Crippen LogP) is 1.94. The number of aliphatic hydroxyl groups is 1. The number of rotatable bonds is 5. The van der Waals surface area contributed by atoms with Gasteiger partial charge in [-0.05, 0) is 31.4 Å². The Hall–Kier alpha value is -1.11. The highest BCUT2D eigenvalue weighted by molar-refractivity contribution is 5.16. The number of β-amino-alcohol motifs (C(OH)–C–C–N with tert-alkyl or cyclic N) is 1. The van der Waals surface area contributed by atoms with Gasteiger partial charge < -0.3 is 10.8 Å². The van der Waals surface area contributed by atoms with Crippen molar-refractivity contribution >= 4 is 0 Å². The maximum atomic E-state index is 12.9. The molecular weight excluding hydrogens is 281 g/mol. The fourth-order valence-electron chi connectivity index (χ4n) is 2.81. The van der Waals surface area contributed by atoms with Gasteiger partial charge >= 0.3 is 6.18 Å². The molecule has 1 heterocycles. The number of aliphatic hydroxyl groups excluding tert-OH is 1. The molecule has 3 N–H and O–H groups in total. The number of nitrogens with zero attached hydrogens (tertiary/aromatic N) is 1. The molecule has 0 bridgehead atoms. The highest BCUT2D eigenvalue weighted by atomic mass is 19.4. The fraction of sp³-hybridized carbons (Fsp3) is 0.600. The zero-order chi connectivity index (χ0) is 15.5. The summed E-state index contributed by atoms with van der Waals surface area (Å²) in [6.45, 7) is 0.331. The molecule has 6 heteroatoms. The molecular formula is C15H21F3N2O. The van der Waals surface area contributed by atoms with Crippen LogP contribution in [0.4, 0.5) is 13.2 Å². The lowest BCUT2D eigenvalue weighted by Crippen LogP contribution is -2.49. The molecule has 1 aromatic carbocycles. The van der Waals surface area contributed by atoms with Crippen molar-refractivity contribution in [3.8, 4) is 0 Å². The molecule has 1 saturated heterocycles. The van der Waals surface area contributed by atoms with Crippen molar-refractivity contribution in [1.82, 2.24) is 4.90 Å². The number of hydrogen-bond acceptors (Lipinski definition) is 3. The minimum absolute atomic E-state index is 0.0296. The molecule has 118 valence electrons. The third-order valence-corrected chi connectivity index (χ3v) is 3.97. The van der Waals surface area contributed by atoms with Gasteiger partial charge in [0.1, 0.15) is 6.04 Å². The number of halogens is 3. The second kappa shape index (κ2) is 6.77. The Labute approximate surface area is 122 Å². The molecule has 0 aromatic heterocycles. The van der Waals surface area contributed by atoms with Crippen LogP contribution in [0.5, 0.6) is 0 Å². The molecule has 1 aliphatic rings.